The lowest BCUT2D eigenvalue weighted by molar-refractivity contribution is -0.112. The summed E-state index contributed by atoms with van der Waals surface area (Å²) in [4.78, 5) is 10.7. The molecule has 0 bridgehead atoms. The van der Waals surface area contributed by atoms with E-state index in [2.05, 4.69) is 0 Å². The fourth-order valence-corrected chi connectivity index (χ4v) is 2.86. The van der Waals surface area contributed by atoms with E-state index < -0.39 is 17.2 Å². The van der Waals surface area contributed by atoms with Gasteiger partial charge in [-0.25, -0.2) is 8.78 Å². The van der Waals surface area contributed by atoms with Gasteiger partial charge in [-0.15, -0.1) is 0 Å². The molecule has 0 saturated heterocycles. The lowest BCUT2D eigenvalue weighted by Crippen LogP contribution is -2.16. The zero-order valence-electron chi connectivity index (χ0n) is 11.2. The highest BCUT2D eigenvalue weighted by Gasteiger charge is 2.20. The molecular formula is C16H17F2NO. The van der Waals surface area contributed by atoms with Crippen molar-refractivity contribution in [2.45, 2.75) is 38.5 Å². The summed E-state index contributed by atoms with van der Waals surface area (Å²) in [6.45, 7) is 0. The molecule has 20 heavy (non-hydrogen) atoms. The van der Waals surface area contributed by atoms with Crippen LogP contribution in [0.15, 0.2) is 12.1 Å². The van der Waals surface area contributed by atoms with Crippen LogP contribution in [0.4, 0.5) is 8.78 Å². The summed E-state index contributed by atoms with van der Waals surface area (Å²) >= 11 is 0. The number of aldehydes is 1. The van der Waals surface area contributed by atoms with Gasteiger partial charge in [0.2, 0.25) is 0 Å². The standard InChI is InChI=1S/C16H17F2NO/c17-15-7-13(8-16(18)14(15)9-19)6-3-11-1-4-12(10-20)5-2-11/h7-8,10-12H,1-6H2. The predicted molar refractivity (Wildman–Crippen MR) is 70.9 cm³/mol. The normalized spacial score (nSPS) is 22.2. The van der Waals surface area contributed by atoms with Crippen molar-refractivity contribution in [3.05, 3.63) is 34.9 Å². The van der Waals surface area contributed by atoms with Crippen LogP contribution in [0.3, 0.4) is 0 Å². The molecule has 2 nitrogen and oxygen atoms in total. The first-order valence-electron chi connectivity index (χ1n) is 6.97. The lowest BCUT2D eigenvalue weighted by Gasteiger charge is -2.25. The minimum Gasteiger partial charge on any atom is -0.303 e. The van der Waals surface area contributed by atoms with Crippen LogP contribution in [0.2, 0.25) is 0 Å². The van der Waals surface area contributed by atoms with Gasteiger partial charge in [0.25, 0.3) is 0 Å². The second-order valence-electron chi connectivity index (χ2n) is 5.50. The van der Waals surface area contributed by atoms with Gasteiger partial charge in [-0.1, -0.05) is 0 Å². The van der Waals surface area contributed by atoms with Crippen LogP contribution in [-0.4, -0.2) is 6.29 Å². The van der Waals surface area contributed by atoms with Crippen molar-refractivity contribution in [2.24, 2.45) is 11.8 Å². The average Bonchev–Trinajstić information content (AvgIpc) is 2.45. The van der Waals surface area contributed by atoms with Crippen LogP contribution < -0.4 is 0 Å². The molecule has 0 radical (unpaired) electrons. The van der Waals surface area contributed by atoms with Crippen LogP contribution in [0.25, 0.3) is 0 Å². The van der Waals surface area contributed by atoms with Gasteiger partial charge in [-0.3, -0.25) is 0 Å². The molecule has 0 spiro atoms. The maximum absolute atomic E-state index is 13.5. The van der Waals surface area contributed by atoms with E-state index in [1.165, 1.54) is 18.2 Å². The number of carbonyl (C=O) groups excluding carboxylic acids is 1. The Morgan fingerprint density at radius 1 is 1.20 bits per heavy atom. The number of nitriles is 1. The third-order valence-electron chi connectivity index (χ3n) is 4.14. The highest BCUT2D eigenvalue weighted by atomic mass is 19.1. The second-order valence-corrected chi connectivity index (χ2v) is 5.50. The number of rotatable bonds is 4. The Balaban J connectivity index is 1.92. The topological polar surface area (TPSA) is 40.9 Å². The van der Waals surface area contributed by atoms with Crippen LogP contribution in [0, 0.1) is 34.8 Å². The molecule has 2 rings (SSSR count). The molecule has 0 atom stereocenters. The van der Waals surface area contributed by atoms with E-state index in [1.54, 1.807) is 0 Å². The summed E-state index contributed by atoms with van der Waals surface area (Å²) in [7, 11) is 0. The molecule has 0 heterocycles. The molecule has 1 fully saturated rings. The van der Waals surface area contributed by atoms with Crippen molar-refractivity contribution in [2.75, 3.05) is 0 Å². The fourth-order valence-electron chi connectivity index (χ4n) is 2.86. The quantitative estimate of drug-likeness (QED) is 0.786. The summed E-state index contributed by atoms with van der Waals surface area (Å²) in [6, 6.07) is 4.02. The van der Waals surface area contributed by atoms with E-state index in [1.807, 2.05) is 0 Å². The highest BCUT2D eigenvalue weighted by Crippen LogP contribution is 2.30. The molecule has 106 valence electrons. The molecule has 1 aliphatic carbocycles. The molecule has 0 aromatic heterocycles. The molecule has 0 amide bonds. The van der Waals surface area contributed by atoms with Gasteiger partial charge in [0.05, 0.1) is 0 Å². The van der Waals surface area contributed by atoms with E-state index in [0.29, 0.717) is 17.9 Å². The van der Waals surface area contributed by atoms with Gasteiger partial charge in [-0.05, 0) is 62.1 Å². The minimum absolute atomic E-state index is 0.191. The van der Waals surface area contributed by atoms with E-state index in [4.69, 9.17) is 5.26 Å². The molecule has 0 unspecified atom stereocenters. The third kappa shape index (κ3) is 3.41. The molecule has 4 heteroatoms. The zero-order valence-corrected chi connectivity index (χ0v) is 11.2. The Morgan fingerprint density at radius 2 is 1.80 bits per heavy atom. The first-order chi connectivity index (χ1) is 9.63. The predicted octanol–water partition coefficient (Wildman–Crippen LogP) is 3.77. The fraction of sp³-hybridized carbons (Fsp3) is 0.500. The van der Waals surface area contributed by atoms with E-state index >= 15 is 0 Å². The summed E-state index contributed by atoms with van der Waals surface area (Å²) in [5.41, 5.74) is 0.0803. The van der Waals surface area contributed by atoms with Crippen molar-refractivity contribution < 1.29 is 13.6 Å². The Labute approximate surface area is 117 Å². The molecule has 0 N–H and O–H groups in total. The van der Waals surface area contributed by atoms with Crippen LogP contribution in [0.5, 0.6) is 0 Å². The summed E-state index contributed by atoms with van der Waals surface area (Å²) < 4.78 is 26.9. The van der Waals surface area contributed by atoms with Crippen molar-refractivity contribution in [1.29, 1.82) is 5.26 Å². The third-order valence-corrected chi connectivity index (χ3v) is 4.14. The number of hydrogen-bond acceptors (Lipinski definition) is 2. The van der Waals surface area contributed by atoms with Gasteiger partial charge < -0.3 is 4.79 Å². The Hall–Kier alpha value is -1.76. The molecule has 1 aromatic carbocycles. The molecule has 1 aromatic rings. The Kier molecular flexibility index (Phi) is 4.84. The Morgan fingerprint density at radius 3 is 2.30 bits per heavy atom. The number of carbonyl (C=O) groups is 1. The summed E-state index contributed by atoms with van der Waals surface area (Å²) in [5, 5.41) is 8.61. The van der Waals surface area contributed by atoms with Gasteiger partial charge in [0, 0.05) is 5.92 Å². The van der Waals surface area contributed by atoms with Crippen molar-refractivity contribution in [3.8, 4) is 6.07 Å². The van der Waals surface area contributed by atoms with Crippen molar-refractivity contribution >= 4 is 6.29 Å². The minimum atomic E-state index is -0.785. The van der Waals surface area contributed by atoms with Crippen LogP contribution in [0.1, 0.15) is 43.2 Å². The smallest absolute Gasteiger partial charge is 0.144 e. The number of aryl methyl sites for hydroxylation is 1. The van der Waals surface area contributed by atoms with E-state index in [0.717, 1.165) is 38.4 Å². The van der Waals surface area contributed by atoms with Crippen molar-refractivity contribution in [1.82, 2.24) is 0 Å². The Bertz CT molecular complexity index is 505. The van der Waals surface area contributed by atoms with E-state index in [-0.39, 0.29) is 5.92 Å². The lowest BCUT2D eigenvalue weighted by atomic mass is 9.80. The first kappa shape index (κ1) is 14.6. The van der Waals surface area contributed by atoms with Gasteiger partial charge in [-0.2, -0.15) is 5.26 Å². The summed E-state index contributed by atoms with van der Waals surface area (Å²) in [6.07, 6.45) is 6.36. The molecule has 1 aliphatic rings. The zero-order chi connectivity index (χ0) is 14.5. The maximum Gasteiger partial charge on any atom is 0.144 e. The van der Waals surface area contributed by atoms with Gasteiger partial charge in [0.15, 0.2) is 0 Å². The van der Waals surface area contributed by atoms with Crippen LogP contribution >= 0.6 is 0 Å². The van der Waals surface area contributed by atoms with Crippen LogP contribution in [-0.2, 0) is 11.2 Å². The largest absolute Gasteiger partial charge is 0.303 e. The first-order valence-corrected chi connectivity index (χ1v) is 6.97. The average molecular weight is 277 g/mol. The van der Waals surface area contributed by atoms with E-state index in [9.17, 15) is 13.6 Å². The number of nitrogens with zero attached hydrogens (tertiary/aromatic N) is 1. The van der Waals surface area contributed by atoms with Crippen molar-refractivity contribution in [3.63, 3.8) is 0 Å². The maximum atomic E-state index is 13.5. The number of benzene rings is 1. The highest BCUT2D eigenvalue weighted by molar-refractivity contribution is 5.53. The van der Waals surface area contributed by atoms with Gasteiger partial charge in [0.1, 0.15) is 29.6 Å². The summed E-state index contributed by atoms with van der Waals surface area (Å²) in [5.74, 6) is -0.858. The molecule has 0 aliphatic heterocycles. The number of hydrogen-bond donors (Lipinski definition) is 0. The number of halogens is 2. The monoisotopic (exact) mass is 277 g/mol. The second kappa shape index (κ2) is 6.60. The molecular weight excluding hydrogens is 260 g/mol. The van der Waals surface area contributed by atoms with Gasteiger partial charge >= 0.3 is 0 Å². The molecule has 1 saturated carbocycles. The SMILES string of the molecule is N#Cc1c(F)cc(CCC2CCC(C=O)CC2)cc1F.